The van der Waals surface area contributed by atoms with E-state index in [2.05, 4.69) is 15.6 Å². The van der Waals surface area contributed by atoms with E-state index in [1.54, 1.807) is 18.2 Å². The van der Waals surface area contributed by atoms with Crippen LogP contribution >= 0.6 is 23.2 Å². The average molecular weight is 314 g/mol. The van der Waals surface area contributed by atoms with Gasteiger partial charge in [-0.15, -0.1) is 0 Å². The lowest BCUT2D eigenvalue weighted by atomic mass is 10.2. The fourth-order valence-electron chi connectivity index (χ4n) is 1.51. The molecule has 0 radical (unpaired) electrons. The van der Waals surface area contributed by atoms with Gasteiger partial charge in [0.2, 0.25) is 5.96 Å². The van der Waals surface area contributed by atoms with E-state index in [1.807, 2.05) is 0 Å². The molecule has 1 aromatic rings. The minimum atomic E-state index is -1.10. The van der Waals surface area contributed by atoms with Crippen molar-refractivity contribution in [2.75, 3.05) is 6.54 Å². The number of aliphatic carboxylic acids is 1. The summed E-state index contributed by atoms with van der Waals surface area (Å²) >= 11 is 12.0. The minimum absolute atomic E-state index is 0.0758. The molecular weight excluding hydrogens is 305 g/mol. The van der Waals surface area contributed by atoms with Crippen molar-refractivity contribution in [3.8, 4) is 0 Å². The highest BCUT2D eigenvalue weighted by Crippen LogP contribution is 2.26. The van der Waals surface area contributed by atoms with Gasteiger partial charge in [0, 0.05) is 15.6 Å². The molecule has 0 aliphatic carbocycles. The van der Waals surface area contributed by atoms with Crippen LogP contribution in [-0.4, -0.2) is 29.5 Å². The molecule has 20 heavy (non-hydrogen) atoms. The van der Waals surface area contributed by atoms with Gasteiger partial charge in [-0.05, 0) is 18.2 Å². The van der Waals surface area contributed by atoms with E-state index in [1.165, 1.54) is 6.08 Å². The molecule has 0 aromatic heterocycles. The highest BCUT2D eigenvalue weighted by atomic mass is 35.5. The summed E-state index contributed by atoms with van der Waals surface area (Å²) in [6.07, 6.45) is 1.48. The Kier molecular flexibility index (Phi) is 4.26. The number of hydrogen-bond donors (Lipinski definition) is 3. The maximum absolute atomic E-state index is 11.7. The van der Waals surface area contributed by atoms with Crippen molar-refractivity contribution in [1.29, 1.82) is 0 Å². The van der Waals surface area contributed by atoms with Crippen LogP contribution in [0.1, 0.15) is 5.56 Å². The monoisotopic (exact) mass is 313 g/mol. The topological polar surface area (TPSA) is 90.8 Å². The Bertz CT molecular complexity index is 621. The zero-order valence-electron chi connectivity index (χ0n) is 9.98. The summed E-state index contributed by atoms with van der Waals surface area (Å²) in [5.41, 5.74) is 0.678. The van der Waals surface area contributed by atoms with Gasteiger partial charge in [0.25, 0.3) is 5.91 Å². The Morgan fingerprint density at radius 2 is 1.95 bits per heavy atom. The Balaban J connectivity index is 2.26. The van der Waals surface area contributed by atoms with Crippen molar-refractivity contribution >= 4 is 47.1 Å². The third-order valence-corrected chi connectivity index (χ3v) is 3.05. The lowest BCUT2D eigenvalue weighted by Gasteiger charge is -2.02. The zero-order valence-corrected chi connectivity index (χ0v) is 11.5. The number of amides is 1. The van der Waals surface area contributed by atoms with Crippen LogP contribution in [0.3, 0.4) is 0 Å². The Morgan fingerprint density at radius 3 is 2.55 bits per heavy atom. The van der Waals surface area contributed by atoms with E-state index in [0.717, 1.165) is 0 Å². The number of benzene rings is 1. The number of carboxylic acids is 1. The number of rotatable bonds is 3. The molecule has 1 amide bonds. The molecule has 1 heterocycles. The summed E-state index contributed by atoms with van der Waals surface area (Å²) in [6, 6.07) is 4.98. The first-order valence-corrected chi connectivity index (χ1v) is 6.23. The molecule has 8 heteroatoms. The highest BCUT2D eigenvalue weighted by molar-refractivity contribution is 6.37. The smallest absolute Gasteiger partial charge is 0.325 e. The molecule has 1 aromatic carbocycles. The first-order valence-electron chi connectivity index (χ1n) is 5.47. The van der Waals surface area contributed by atoms with Gasteiger partial charge in [0.05, 0.1) is 0 Å². The number of hydrogen-bond acceptors (Lipinski definition) is 3. The molecule has 1 aliphatic heterocycles. The van der Waals surface area contributed by atoms with E-state index in [-0.39, 0.29) is 11.7 Å². The number of halogens is 2. The molecule has 0 unspecified atom stereocenters. The van der Waals surface area contributed by atoms with Gasteiger partial charge in [-0.2, -0.15) is 0 Å². The molecule has 104 valence electrons. The Morgan fingerprint density at radius 1 is 1.30 bits per heavy atom. The number of guanidine groups is 1. The van der Waals surface area contributed by atoms with Crippen LogP contribution in [0.25, 0.3) is 6.08 Å². The van der Waals surface area contributed by atoms with Gasteiger partial charge in [-0.3, -0.25) is 14.9 Å². The van der Waals surface area contributed by atoms with Crippen LogP contribution in [0.2, 0.25) is 10.0 Å². The zero-order chi connectivity index (χ0) is 14.7. The molecule has 1 fully saturated rings. The fourth-order valence-corrected chi connectivity index (χ4v) is 2.02. The molecule has 0 saturated carbocycles. The lowest BCUT2D eigenvalue weighted by molar-refractivity contribution is -0.135. The summed E-state index contributed by atoms with van der Waals surface area (Å²) < 4.78 is 0. The van der Waals surface area contributed by atoms with E-state index < -0.39 is 18.4 Å². The van der Waals surface area contributed by atoms with Crippen molar-refractivity contribution in [2.45, 2.75) is 0 Å². The molecule has 0 atom stereocenters. The molecule has 3 N–H and O–H groups in total. The van der Waals surface area contributed by atoms with Crippen molar-refractivity contribution < 1.29 is 14.7 Å². The summed E-state index contributed by atoms with van der Waals surface area (Å²) in [4.78, 5) is 25.8. The van der Waals surface area contributed by atoms with Gasteiger partial charge < -0.3 is 10.4 Å². The molecule has 0 bridgehead atoms. The van der Waals surface area contributed by atoms with Crippen LogP contribution in [0.15, 0.2) is 28.9 Å². The van der Waals surface area contributed by atoms with Crippen LogP contribution in [0.4, 0.5) is 0 Å². The summed E-state index contributed by atoms with van der Waals surface area (Å²) in [5, 5.41) is 14.4. The third kappa shape index (κ3) is 3.28. The SMILES string of the molecule is O=C(O)CN=C1NC(=O)/C(=C/c2c(Cl)cccc2Cl)N1. The summed E-state index contributed by atoms with van der Waals surface area (Å²) in [5.74, 6) is -1.46. The highest BCUT2D eigenvalue weighted by Gasteiger charge is 2.22. The van der Waals surface area contributed by atoms with Gasteiger partial charge in [0.15, 0.2) is 0 Å². The maximum Gasteiger partial charge on any atom is 0.325 e. The van der Waals surface area contributed by atoms with E-state index >= 15 is 0 Å². The third-order valence-electron chi connectivity index (χ3n) is 2.39. The van der Waals surface area contributed by atoms with Gasteiger partial charge >= 0.3 is 5.97 Å². The van der Waals surface area contributed by atoms with E-state index in [9.17, 15) is 9.59 Å². The van der Waals surface area contributed by atoms with Crippen LogP contribution in [-0.2, 0) is 9.59 Å². The van der Waals surface area contributed by atoms with E-state index in [0.29, 0.717) is 15.6 Å². The maximum atomic E-state index is 11.7. The number of carbonyl (C=O) groups is 2. The second-order valence-electron chi connectivity index (χ2n) is 3.83. The largest absolute Gasteiger partial charge is 0.480 e. The summed E-state index contributed by atoms with van der Waals surface area (Å²) in [7, 11) is 0. The van der Waals surface area contributed by atoms with E-state index in [4.69, 9.17) is 28.3 Å². The normalized spacial score (nSPS) is 18.2. The summed E-state index contributed by atoms with van der Waals surface area (Å²) in [6.45, 7) is -0.442. The molecular formula is C12H9Cl2N3O3. The molecule has 2 rings (SSSR count). The van der Waals surface area contributed by atoms with Gasteiger partial charge in [0.1, 0.15) is 12.2 Å². The first kappa shape index (κ1) is 14.4. The second kappa shape index (κ2) is 5.94. The molecule has 1 saturated heterocycles. The fraction of sp³-hybridized carbons (Fsp3) is 0.0833. The minimum Gasteiger partial charge on any atom is -0.480 e. The average Bonchev–Trinajstić information content (AvgIpc) is 2.72. The van der Waals surface area contributed by atoms with Crippen molar-refractivity contribution in [2.24, 2.45) is 4.99 Å². The Labute approximate surface area is 124 Å². The standard InChI is InChI=1S/C12H9Cl2N3O3/c13-7-2-1-3-8(14)6(7)4-9-11(20)17-12(16-9)15-5-10(18)19/h1-4H,5H2,(H,18,19)(H2,15,16,17,20)/b9-4-. The van der Waals surface area contributed by atoms with Crippen molar-refractivity contribution in [3.63, 3.8) is 0 Å². The second-order valence-corrected chi connectivity index (χ2v) is 4.65. The molecule has 1 aliphatic rings. The molecule has 0 spiro atoms. The number of carboxylic acid groups (broad SMARTS) is 1. The van der Waals surface area contributed by atoms with Gasteiger partial charge in [-0.25, -0.2) is 4.99 Å². The molecule has 6 nitrogen and oxygen atoms in total. The predicted molar refractivity (Wildman–Crippen MR) is 75.7 cm³/mol. The van der Waals surface area contributed by atoms with Gasteiger partial charge in [-0.1, -0.05) is 29.3 Å². The number of carbonyl (C=O) groups excluding carboxylic acids is 1. The Hall–Kier alpha value is -2.05. The lowest BCUT2D eigenvalue weighted by Crippen LogP contribution is -2.26. The quantitative estimate of drug-likeness (QED) is 0.737. The first-order chi connectivity index (χ1) is 9.47. The van der Waals surface area contributed by atoms with Crippen LogP contribution < -0.4 is 10.6 Å². The predicted octanol–water partition coefficient (Wildman–Crippen LogP) is 1.49. The van der Waals surface area contributed by atoms with Crippen molar-refractivity contribution in [1.82, 2.24) is 10.6 Å². The van der Waals surface area contributed by atoms with Crippen LogP contribution in [0, 0.1) is 0 Å². The number of nitrogens with one attached hydrogen (secondary N) is 2. The van der Waals surface area contributed by atoms with Crippen LogP contribution in [0.5, 0.6) is 0 Å². The van der Waals surface area contributed by atoms with Crippen molar-refractivity contribution in [3.05, 3.63) is 39.5 Å². The number of nitrogens with zero attached hydrogens (tertiary/aromatic N) is 1. The number of aliphatic imine (C=N–C) groups is 1.